The minimum absolute atomic E-state index is 0.363. The Bertz CT molecular complexity index is 259. The minimum atomic E-state index is -0.979. The van der Waals surface area contributed by atoms with E-state index in [-0.39, 0.29) is 0 Å². The van der Waals surface area contributed by atoms with Gasteiger partial charge in [-0.05, 0) is 32.4 Å². The van der Waals surface area contributed by atoms with Gasteiger partial charge in [0.25, 0.3) is 0 Å². The van der Waals surface area contributed by atoms with Crippen LogP contribution in [0, 0.1) is 0 Å². The smallest absolute Gasteiger partial charge is 0.189 e. The molecule has 4 heteroatoms. The van der Waals surface area contributed by atoms with E-state index in [2.05, 4.69) is 33.9 Å². The van der Waals surface area contributed by atoms with Crippen molar-refractivity contribution >= 4 is 25.9 Å². The summed E-state index contributed by atoms with van der Waals surface area (Å²) in [7, 11) is -0.979. The van der Waals surface area contributed by atoms with Gasteiger partial charge in [-0.15, -0.1) is 0 Å². The van der Waals surface area contributed by atoms with Crippen molar-refractivity contribution in [3.05, 3.63) is 0 Å². The van der Waals surface area contributed by atoms with E-state index in [1.54, 1.807) is 11.8 Å². The van der Waals surface area contributed by atoms with Crippen LogP contribution in [0.15, 0.2) is 0 Å². The fourth-order valence-corrected chi connectivity index (χ4v) is 4.56. The lowest BCUT2D eigenvalue weighted by molar-refractivity contribution is -0.111. The van der Waals surface area contributed by atoms with Crippen LogP contribution in [0.3, 0.4) is 0 Å². The molecule has 0 aliphatic carbocycles. The first kappa shape index (κ1) is 21.2. The molecule has 0 aromatic carbocycles. The minimum Gasteiger partial charge on any atom is -0.418 e. The van der Waals surface area contributed by atoms with Crippen LogP contribution in [0.25, 0.3) is 0 Å². The largest absolute Gasteiger partial charge is 0.418 e. The lowest BCUT2D eigenvalue weighted by Crippen LogP contribution is -2.24. The molecule has 0 rings (SSSR count). The first-order valence-corrected chi connectivity index (χ1v) is 12.5. The van der Waals surface area contributed by atoms with Gasteiger partial charge in [0.15, 0.2) is 14.2 Å². The summed E-state index contributed by atoms with van der Waals surface area (Å²) in [6.45, 7) is 11.0. The third kappa shape index (κ3) is 13.6. The number of rotatable bonds is 13. The Morgan fingerprint density at radius 3 is 2.33 bits per heavy atom. The summed E-state index contributed by atoms with van der Waals surface area (Å²) in [6, 6.07) is 0. The third-order valence-electron chi connectivity index (χ3n) is 3.49. The highest BCUT2D eigenvalue weighted by atomic mass is 32.2. The van der Waals surface area contributed by atoms with E-state index in [1.807, 2.05) is 0 Å². The van der Waals surface area contributed by atoms with Gasteiger partial charge in [-0.2, -0.15) is 0 Å². The zero-order valence-corrected chi connectivity index (χ0v) is 16.8. The van der Waals surface area contributed by atoms with Gasteiger partial charge in [0, 0.05) is 17.8 Å². The predicted octanol–water partition coefficient (Wildman–Crippen LogP) is 5.55. The van der Waals surface area contributed by atoms with Crippen LogP contribution in [0.1, 0.15) is 78.6 Å². The normalized spacial score (nSPS) is 14.4. The Morgan fingerprint density at radius 1 is 1.10 bits per heavy atom. The zero-order chi connectivity index (χ0) is 16.1. The van der Waals surface area contributed by atoms with Gasteiger partial charge in [-0.1, -0.05) is 64.6 Å². The van der Waals surface area contributed by atoms with Gasteiger partial charge >= 0.3 is 0 Å². The molecule has 0 radical (unpaired) electrons. The maximum atomic E-state index is 12.0. The van der Waals surface area contributed by atoms with E-state index in [4.69, 9.17) is 4.43 Å². The van der Waals surface area contributed by atoms with Gasteiger partial charge in [0.05, 0.1) is 0 Å². The maximum Gasteiger partial charge on any atom is 0.189 e. The summed E-state index contributed by atoms with van der Waals surface area (Å²) < 4.78 is 6.08. The fraction of sp³-hybridized carbons (Fsp3) is 0.941. The molecule has 0 fully saturated rings. The predicted molar refractivity (Wildman–Crippen MR) is 98.7 cm³/mol. The van der Waals surface area contributed by atoms with Gasteiger partial charge in [-0.3, -0.25) is 4.79 Å². The summed E-state index contributed by atoms with van der Waals surface area (Å²) in [5, 5.41) is 0.758. The van der Waals surface area contributed by atoms with E-state index >= 15 is 0 Å². The Hall–Kier alpha value is 0.197. The second-order valence-electron chi connectivity index (χ2n) is 6.30. The molecule has 2 atom stereocenters. The van der Waals surface area contributed by atoms with Crippen molar-refractivity contribution in [2.75, 3.05) is 0 Å². The Balaban J connectivity index is 3.87. The third-order valence-corrected chi connectivity index (χ3v) is 5.48. The van der Waals surface area contributed by atoms with Crippen molar-refractivity contribution in [1.29, 1.82) is 0 Å². The molecule has 2 unspecified atom stereocenters. The fourth-order valence-electron chi connectivity index (χ4n) is 2.52. The highest BCUT2D eigenvalue weighted by molar-refractivity contribution is 8.14. The van der Waals surface area contributed by atoms with E-state index < -0.39 is 9.04 Å². The number of unbranched alkanes of at least 4 members (excludes halogenated alkanes) is 4. The Labute approximate surface area is 138 Å². The Kier molecular flexibility index (Phi) is 14.0. The quantitative estimate of drug-likeness (QED) is 0.326. The molecule has 0 spiro atoms. The molecule has 21 heavy (non-hydrogen) atoms. The molecule has 0 heterocycles. The van der Waals surface area contributed by atoms with Crippen molar-refractivity contribution in [3.63, 3.8) is 0 Å². The van der Waals surface area contributed by atoms with Crippen LogP contribution < -0.4 is 0 Å². The van der Waals surface area contributed by atoms with Gasteiger partial charge in [-0.25, -0.2) is 0 Å². The number of thioether (sulfide) groups is 1. The summed E-state index contributed by atoms with van der Waals surface area (Å²) in [6.07, 6.45) is 10.5. The molecule has 0 aromatic heterocycles. The molecule has 0 saturated carbocycles. The average Bonchev–Trinajstić information content (AvgIpc) is 2.37. The van der Waals surface area contributed by atoms with Crippen LogP contribution in [-0.4, -0.2) is 25.5 Å². The van der Waals surface area contributed by atoms with Crippen molar-refractivity contribution in [3.8, 4) is 0 Å². The number of hydrogen-bond acceptors (Lipinski definition) is 3. The summed E-state index contributed by atoms with van der Waals surface area (Å²) in [5.41, 5.74) is 0. The van der Waals surface area contributed by atoms with Crippen LogP contribution in [-0.2, 0) is 9.22 Å². The zero-order valence-electron chi connectivity index (χ0n) is 14.8. The first-order chi connectivity index (χ1) is 9.99. The van der Waals surface area contributed by atoms with E-state index in [9.17, 15) is 4.79 Å². The molecule has 0 aliphatic heterocycles. The highest BCUT2D eigenvalue weighted by Gasteiger charge is 2.17. The molecule has 0 saturated heterocycles. The number of hydrogen-bond donors (Lipinski definition) is 0. The molecular formula is C17H36O2SSi. The molecule has 0 aromatic rings. The standard InChI is InChI=1S/C17H36O2SSi/c1-6-8-9-10-11-13-17(18)20-15(3)14-16(12-7-2)19-21(4)5/h15-16,21H,6-14H2,1-5H3. The molecule has 0 bridgehead atoms. The van der Waals surface area contributed by atoms with Crippen LogP contribution in [0.5, 0.6) is 0 Å². The van der Waals surface area contributed by atoms with Crippen LogP contribution >= 0.6 is 11.8 Å². The SMILES string of the molecule is CCCCCCCC(=O)SC(C)CC(CCC)O[SiH](C)C. The lowest BCUT2D eigenvalue weighted by Gasteiger charge is -2.22. The van der Waals surface area contributed by atoms with E-state index in [0.29, 0.717) is 16.5 Å². The molecule has 0 aliphatic rings. The van der Waals surface area contributed by atoms with Crippen molar-refractivity contribution in [2.45, 2.75) is 103 Å². The summed E-state index contributed by atoms with van der Waals surface area (Å²) in [4.78, 5) is 12.0. The molecule has 2 nitrogen and oxygen atoms in total. The van der Waals surface area contributed by atoms with Crippen molar-refractivity contribution < 1.29 is 9.22 Å². The monoisotopic (exact) mass is 332 g/mol. The van der Waals surface area contributed by atoms with Crippen molar-refractivity contribution in [1.82, 2.24) is 0 Å². The van der Waals surface area contributed by atoms with Gasteiger partial charge in [0.2, 0.25) is 0 Å². The number of carbonyl (C=O) groups is 1. The van der Waals surface area contributed by atoms with Gasteiger partial charge in [0.1, 0.15) is 0 Å². The van der Waals surface area contributed by atoms with E-state index in [1.165, 1.54) is 25.7 Å². The maximum absolute atomic E-state index is 12.0. The van der Waals surface area contributed by atoms with Gasteiger partial charge < -0.3 is 4.43 Å². The summed E-state index contributed by atoms with van der Waals surface area (Å²) in [5.74, 6) is 0. The average molecular weight is 333 g/mol. The number of carbonyl (C=O) groups excluding carboxylic acids is 1. The molecule has 0 N–H and O–H groups in total. The van der Waals surface area contributed by atoms with Crippen LogP contribution in [0.4, 0.5) is 0 Å². The van der Waals surface area contributed by atoms with Crippen molar-refractivity contribution in [2.24, 2.45) is 0 Å². The second kappa shape index (κ2) is 13.8. The molecular weight excluding hydrogens is 296 g/mol. The first-order valence-electron chi connectivity index (χ1n) is 8.84. The lowest BCUT2D eigenvalue weighted by atomic mass is 10.1. The topological polar surface area (TPSA) is 26.3 Å². The highest BCUT2D eigenvalue weighted by Crippen LogP contribution is 2.23. The Morgan fingerprint density at radius 2 is 1.76 bits per heavy atom. The molecule has 126 valence electrons. The second-order valence-corrected chi connectivity index (χ2v) is 10.2. The summed E-state index contributed by atoms with van der Waals surface area (Å²) >= 11 is 1.54. The van der Waals surface area contributed by atoms with E-state index in [0.717, 1.165) is 32.1 Å². The van der Waals surface area contributed by atoms with Crippen LogP contribution in [0.2, 0.25) is 13.1 Å². The molecule has 0 amide bonds.